The predicted octanol–water partition coefficient (Wildman–Crippen LogP) is 1.34. The monoisotopic (exact) mass is 135 g/mol. The van der Waals surface area contributed by atoms with E-state index < -0.39 is 10.6 Å². The summed E-state index contributed by atoms with van der Waals surface area (Å²) in [5.41, 5.74) is -1.64. The van der Waals surface area contributed by atoms with Gasteiger partial charge in [-0.25, -0.2) is 0 Å². The molecular weight excluding hydrogens is 129 g/mol. The molecular formula is C3H6FN3O2. The Bertz CT molecular complexity index is 144. The fourth-order valence-corrected chi connectivity index (χ4v) is 0.129. The van der Waals surface area contributed by atoms with Crippen LogP contribution < -0.4 is 0 Å². The first-order valence-electron chi connectivity index (χ1n) is 2.18. The van der Waals surface area contributed by atoms with Crippen LogP contribution in [0, 0.1) is 10.1 Å². The summed E-state index contributed by atoms with van der Waals surface area (Å²) in [7, 11) is 0. The van der Waals surface area contributed by atoms with E-state index in [4.69, 9.17) is 0 Å². The largest absolute Gasteiger partial charge is 0.326 e. The Morgan fingerprint density at radius 1 is 1.67 bits per heavy atom. The van der Waals surface area contributed by atoms with E-state index in [-0.39, 0.29) is 0 Å². The Morgan fingerprint density at radius 3 is 2.22 bits per heavy atom. The molecule has 9 heavy (non-hydrogen) atoms. The molecule has 6 heteroatoms. The highest BCUT2D eigenvalue weighted by Crippen LogP contribution is 2.09. The highest BCUT2D eigenvalue weighted by Gasteiger charge is 2.29. The molecule has 0 saturated carbocycles. The van der Waals surface area contributed by atoms with Crippen molar-refractivity contribution in [3.63, 3.8) is 0 Å². The quantitative estimate of drug-likeness (QED) is 0.325. The Morgan fingerprint density at radius 2 is 2.11 bits per heavy atom. The number of hydrogen-bond donors (Lipinski definition) is 0. The maximum atomic E-state index is 11.0. The van der Waals surface area contributed by atoms with Crippen molar-refractivity contribution in [2.45, 2.75) is 19.5 Å². The first-order valence-corrected chi connectivity index (χ1v) is 2.18. The fraction of sp³-hybridized carbons (Fsp3) is 1.00. The molecule has 0 fully saturated rings. The molecule has 0 aliphatic heterocycles. The molecule has 0 amide bonds. The summed E-state index contributed by atoms with van der Waals surface area (Å²) in [5, 5.41) is 14.4. The van der Waals surface area contributed by atoms with Gasteiger partial charge in [-0.1, -0.05) is 9.60 Å². The van der Waals surface area contributed by atoms with Gasteiger partial charge in [0.2, 0.25) is 0 Å². The van der Waals surface area contributed by atoms with Gasteiger partial charge in [-0.15, -0.1) is 0 Å². The molecule has 0 unspecified atom stereocenters. The van der Waals surface area contributed by atoms with Crippen LogP contribution in [0.3, 0.4) is 0 Å². The third-order valence-electron chi connectivity index (χ3n) is 0.729. The maximum absolute atomic E-state index is 11.0. The van der Waals surface area contributed by atoms with Crippen LogP contribution in [0.1, 0.15) is 13.8 Å². The van der Waals surface area contributed by atoms with Gasteiger partial charge in [0.25, 0.3) is 0 Å². The van der Waals surface area contributed by atoms with Gasteiger partial charge in [0, 0.05) is 19.2 Å². The van der Waals surface area contributed by atoms with E-state index in [2.05, 4.69) is 5.11 Å². The molecule has 0 N–H and O–H groups in total. The minimum Gasteiger partial charge on any atom is -0.262 e. The van der Waals surface area contributed by atoms with Gasteiger partial charge in [0.05, 0.1) is 4.92 Å². The average molecular weight is 135 g/mol. The number of nitro groups is 1. The summed E-state index contributed by atoms with van der Waals surface area (Å²) in [5.74, 6) is 0. The molecule has 0 atom stereocenters. The van der Waals surface area contributed by atoms with Crippen molar-refractivity contribution in [1.29, 1.82) is 0 Å². The normalized spacial score (nSPS) is 12.3. The predicted molar refractivity (Wildman–Crippen MR) is 27.0 cm³/mol. The van der Waals surface area contributed by atoms with Crippen molar-refractivity contribution in [3.05, 3.63) is 10.1 Å². The van der Waals surface area contributed by atoms with Crippen molar-refractivity contribution < 1.29 is 9.40 Å². The molecule has 0 aliphatic rings. The van der Waals surface area contributed by atoms with Gasteiger partial charge >= 0.3 is 5.66 Å². The molecule has 0 radical (unpaired) electrons. The number of rotatable bonds is 2. The van der Waals surface area contributed by atoms with Crippen molar-refractivity contribution in [1.82, 2.24) is 0 Å². The molecule has 0 spiro atoms. The standard InChI is InChI=1S/C3H6FN3O2/c1-3(2,5-6-4)7(8)9/h1-2H3/b6-5+. The first-order chi connectivity index (χ1) is 4.00. The first kappa shape index (κ1) is 7.93. The molecule has 0 aliphatic carbocycles. The molecule has 5 nitrogen and oxygen atoms in total. The molecule has 0 aromatic rings. The summed E-state index contributed by atoms with van der Waals surface area (Å²) < 4.78 is 11.0. The van der Waals surface area contributed by atoms with Gasteiger partial charge in [-0.3, -0.25) is 10.1 Å². The second-order valence-corrected chi connectivity index (χ2v) is 1.93. The van der Waals surface area contributed by atoms with Crippen LogP contribution in [-0.2, 0) is 0 Å². The van der Waals surface area contributed by atoms with E-state index >= 15 is 0 Å². The lowest BCUT2D eigenvalue weighted by Crippen LogP contribution is -2.27. The van der Waals surface area contributed by atoms with E-state index in [1.165, 1.54) is 0 Å². The average Bonchev–Trinajstić information content (AvgIpc) is 1.65. The van der Waals surface area contributed by atoms with E-state index in [0.29, 0.717) is 0 Å². The topological polar surface area (TPSA) is 67.9 Å². The smallest absolute Gasteiger partial charge is 0.262 e. The minimum absolute atomic E-state index is 0.726. The molecule has 0 bridgehead atoms. The second kappa shape index (κ2) is 2.47. The van der Waals surface area contributed by atoms with Crippen molar-refractivity contribution >= 4 is 0 Å². The van der Waals surface area contributed by atoms with Crippen LogP contribution >= 0.6 is 0 Å². The maximum Gasteiger partial charge on any atom is 0.326 e. The summed E-state index contributed by atoms with van der Waals surface area (Å²) in [4.78, 5) is 9.17. The van der Waals surface area contributed by atoms with Crippen LogP contribution in [0.2, 0.25) is 0 Å². The number of halogens is 1. The third-order valence-corrected chi connectivity index (χ3v) is 0.729. The lowest BCUT2D eigenvalue weighted by Gasteiger charge is -2.04. The van der Waals surface area contributed by atoms with Gasteiger partial charge in [0.15, 0.2) is 0 Å². The van der Waals surface area contributed by atoms with Crippen LogP contribution in [-0.4, -0.2) is 10.6 Å². The van der Waals surface area contributed by atoms with Crippen LogP contribution in [0.5, 0.6) is 0 Å². The highest BCUT2D eigenvalue weighted by atomic mass is 19.2. The molecule has 0 saturated heterocycles. The molecule has 52 valence electrons. The highest BCUT2D eigenvalue weighted by molar-refractivity contribution is 4.57. The molecule has 0 aromatic carbocycles. The number of hydrogen-bond acceptors (Lipinski definition) is 4. The molecule has 0 aromatic heterocycles. The fourth-order valence-electron chi connectivity index (χ4n) is 0.129. The van der Waals surface area contributed by atoms with Gasteiger partial charge in [-0.2, -0.15) is 0 Å². The zero-order chi connectivity index (χ0) is 7.49. The van der Waals surface area contributed by atoms with Crippen LogP contribution in [0.15, 0.2) is 10.5 Å². The van der Waals surface area contributed by atoms with Gasteiger partial charge < -0.3 is 0 Å². The Balaban J connectivity index is 4.19. The lowest BCUT2D eigenvalue weighted by atomic mass is 10.3. The minimum atomic E-state index is -1.64. The zero-order valence-corrected chi connectivity index (χ0v) is 5.04. The van der Waals surface area contributed by atoms with Crippen molar-refractivity contribution in [2.24, 2.45) is 10.5 Å². The lowest BCUT2D eigenvalue weighted by molar-refractivity contribution is -0.560. The van der Waals surface area contributed by atoms with E-state index in [1.54, 1.807) is 0 Å². The van der Waals surface area contributed by atoms with E-state index in [0.717, 1.165) is 13.8 Å². The third kappa shape index (κ3) is 2.11. The van der Waals surface area contributed by atoms with Gasteiger partial charge in [0.1, 0.15) is 0 Å². The number of nitrogens with zero attached hydrogens (tertiary/aromatic N) is 3. The van der Waals surface area contributed by atoms with E-state index in [9.17, 15) is 14.6 Å². The van der Waals surface area contributed by atoms with E-state index in [1.807, 2.05) is 5.34 Å². The zero-order valence-electron chi connectivity index (χ0n) is 5.04. The summed E-state index contributed by atoms with van der Waals surface area (Å²) in [6, 6.07) is 0. The summed E-state index contributed by atoms with van der Waals surface area (Å²) in [6.07, 6.45) is 0. The summed E-state index contributed by atoms with van der Waals surface area (Å²) >= 11 is 0. The molecule has 0 heterocycles. The van der Waals surface area contributed by atoms with Crippen LogP contribution in [0.4, 0.5) is 4.48 Å². The summed E-state index contributed by atoms with van der Waals surface area (Å²) in [6.45, 7) is 2.30. The van der Waals surface area contributed by atoms with Crippen molar-refractivity contribution in [2.75, 3.05) is 0 Å². The Hall–Kier alpha value is -1.07. The van der Waals surface area contributed by atoms with Crippen LogP contribution in [0.25, 0.3) is 0 Å². The second-order valence-electron chi connectivity index (χ2n) is 1.93. The Kier molecular flexibility index (Phi) is 2.18. The SMILES string of the molecule is CC(C)(/N=N/F)[N+](=O)[O-]. The molecule has 0 rings (SSSR count). The van der Waals surface area contributed by atoms with Gasteiger partial charge in [-0.05, 0) is 0 Å². The van der Waals surface area contributed by atoms with Crippen molar-refractivity contribution in [3.8, 4) is 0 Å². The Labute approximate surface area is 50.7 Å².